The predicted octanol–water partition coefficient (Wildman–Crippen LogP) is 2.26. The SMILES string of the molecule is Cc1c(CNc2cnn(C)c(=O)c2Cl)cccc1[N+](=O)[O-]. The summed E-state index contributed by atoms with van der Waals surface area (Å²) in [5.41, 5.74) is 1.37. The van der Waals surface area contributed by atoms with Crippen LogP contribution in [-0.4, -0.2) is 14.7 Å². The molecule has 0 atom stereocenters. The maximum Gasteiger partial charge on any atom is 0.287 e. The van der Waals surface area contributed by atoms with Gasteiger partial charge in [-0.05, 0) is 12.5 Å². The first kappa shape index (κ1) is 15.0. The second-order valence-electron chi connectivity index (χ2n) is 4.47. The zero-order valence-corrected chi connectivity index (χ0v) is 12.2. The smallest absolute Gasteiger partial charge is 0.287 e. The molecule has 110 valence electrons. The van der Waals surface area contributed by atoms with Gasteiger partial charge in [0.2, 0.25) is 0 Å². The van der Waals surface area contributed by atoms with Gasteiger partial charge in [0.1, 0.15) is 5.02 Å². The van der Waals surface area contributed by atoms with Crippen molar-refractivity contribution in [3.05, 3.63) is 61.0 Å². The summed E-state index contributed by atoms with van der Waals surface area (Å²) in [6, 6.07) is 4.84. The number of rotatable bonds is 4. The van der Waals surface area contributed by atoms with Crippen molar-refractivity contribution in [1.29, 1.82) is 0 Å². The number of nitro benzene ring substituents is 1. The average molecular weight is 309 g/mol. The molecule has 0 spiro atoms. The van der Waals surface area contributed by atoms with Crippen molar-refractivity contribution < 1.29 is 4.92 Å². The van der Waals surface area contributed by atoms with E-state index in [2.05, 4.69) is 10.4 Å². The number of aryl methyl sites for hydroxylation is 1. The van der Waals surface area contributed by atoms with Crippen LogP contribution in [0.3, 0.4) is 0 Å². The standard InChI is InChI=1S/C13H13ClN4O3/c1-8-9(4-3-5-11(8)18(20)21)6-15-10-7-16-17(2)13(19)12(10)14/h3-5,7,15H,6H2,1-2H3. The van der Waals surface area contributed by atoms with Crippen molar-refractivity contribution in [2.75, 3.05) is 5.32 Å². The zero-order valence-electron chi connectivity index (χ0n) is 11.5. The fraction of sp³-hybridized carbons (Fsp3) is 0.231. The molecule has 0 radical (unpaired) electrons. The molecule has 0 unspecified atom stereocenters. The van der Waals surface area contributed by atoms with Crippen molar-refractivity contribution in [1.82, 2.24) is 9.78 Å². The van der Waals surface area contributed by atoms with Gasteiger partial charge in [0.15, 0.2) is 0 Å². The van der Waals surface area contributed by atoms with Gasteiger partial charge >= 0.3 is 0 Å². The molecule has 0 aliphatic rings. The topological polar surface area (TPSA) is 90.1 Å². The second kappa shape index (κ2) is 5.92. The van der Waals surface area contributed by atoms with E-state index in [-0.39, 0.29) is 10.7 Å². The summed E-state index contributed by atoms with van der Waals surface area (Å²) in [5, 5.41) is 17.8. The van der Waals surface area contributed by atoms with Crippen LogP contribution in [0.25, 0.3) is 0 Å². The van der Waals surface area contributed by atoms with E-state index in [0.717, 1.165) is 10.2 Å². The highest BCUT2D eigenvalue weighted by Crippen LogP contribution is 2.23. The highest BCUT2D eigenvalue weighted by atomic mass is 35.5. The number of anilines is 1. The highest BCUT2D eigenvalue weighted by Gasteiger charge is 2.13. The number of hydrogen-bond donors (Lipinski definition) is 1. The maximum atomic E-state index is 11.7. The Hall–Kier alpha value is -2.41. The van der Waals surface area contributed by atoms with Crippen molar-refractivity contribution in [2.24, 2.45) is 7.05 Å². The van der Waals surface area contributed by atoms with Gasteiger partial charge in [-0.3, -0.25) is 14.9 Å². The molecule has 0 fully saturated rings. The predicted molar refractivity (Wildman–Crippen MR) is 79.6 cm³/mol. The number of aromatic nitrogens is 2. The Balaban J connectivity index is 2.25. The van der Waals surface area contributed by atoms with Gasteiger partial charge in [-0.15, -0.1) is 0 Å². The fourth-order valence-electron chi connectivity index (χ4n) is 1.88. The molecule has 8 heteroatoms. The van der Waals surface area contributed by atoms with Gasteiger partial charge in [0.05, 0.1) is 16.8 Å². The van der Waals surface area contributed by atoms with E-state index in [1.165, 1.54) is 19.3 Å². The Morgan fingerprint density at radius 2 is 2.19 bits per heavy atom. The van der Waals surface area contributed by atoms with E-state index >= 15 is 0 Å². The van der Waals surface area contributed by atoms with Gasteiger partial charge in [-0.1, -0.05) is 23.7 Å². The first-order valence-corrected chi connectivity index (χ1v) is 6.48. The number of nitrogens with one attached hydrogen (secondary N) is 1. The van der Waals surface area contributed by atoms with E-state index in [1.54, 1.807) is 19.1 Å². The lowest BCUT2D eigenvalue weighted by molar-refractivity contribution is -0.385. The van der Waals surface area contributed by atoms with Crippen molar-refractivity contribution in [3.8, 4) is 0 Å². The molecule has 2 aromatic rings. The molecule has 1 aromatic heterocycles. The van der Waals surface area contributed by atoms with Gasteiger partial charge in [0.25, 0.3) is 11.2 Å². The summed E-state index contributed by atoms with van der Waals surface area (Å²) < 4.78 is 1.13. The van der Waals surface area contributed by atoms with Crippen molar-refractivity contribution in [3.63, 3.8) is 0 Å². The quantitative estimate of drug-likeness (QED) is 0.691. The molecule has 2 rings (SSSR count). The summed E-state index contributed by atoms with van der Waals surface area (Å²) in [7, 11) is 1.50. The van der Waals surface area contributed by atoms with Crippen molar-refractivity contribution in [2.45, 2.75) is 13.5 Å². The van der Waals surface area contributed by atoms with Crippen molar-refractivity contribution >= 4 is 23.0 Å². The Bertz CT molecular complexity index is 758. The van der Waals surface area contributed by atoms with Crippen LogP contribution < -0.4 is 10.9 Å². The summed E-state index contributed by atoms with van der Waals surface area (Å²) >= 11 is 5.94. The minimum atomic E-state index is -0.425. The van der Waals surface area contributed by atoms with Crippen LogP contribution in [0.15, 0.2) is 29.2 Å². The largest absolute Gasteiger partial charge is 0.378 e. The number of halogens is 1. The Kier molecular flexibility index (Phi) is 4.23. The van der Waals surface area contributed by atoms with Gasteiger partial charge in [-0.25, -0.2) is 4.68 Å². The molecule has 1 aromatic carbocycles. The lowest BCUT2D eigenvalue weighted by atomic mass is 10.1. The molecular weight excluding hydrogens is 296 g/mol. The Labute approximate surface area is 125 Å². The zero-order chi connectivity index (χ0) is 15.6. The van der Waals surface area contributed by atoms with Crippen LogP contribution >= 0.6 is 11.6 Å². The highest BCUT2D eigenvalue weighted by molar-refractivity contribution is 6.32. The third-order valence-electron chi connectivity index (χ3n) is 3.16. The number of nitro groups is 1. The number of benzene rings is 1. The summed E-state index contributed by atoms with van der Waals surface area (Å²) in [6.07, 6.45) is 1.44. The van der Waals surface area contributed by atoms with Gasteiger partial charge in [-0.2, -0.15) is 5.10 Å². The molecule has 0 aliphatic heterocycles. The van der Waals surface area contributed by atoms with E-state index in [9.17, 15) is 14.9 Å². The van der Waals surface area contributed by atoms with E-state index in [0.29, 0.717) is 17.8 Å². The fourth-order valence-corrected chi connectivity index (χ4v) is 2.12. The minimum Gasteiger partial charge on any atom is -0.378 e. The van der Waals surface area contributed by atoms with Gasteiger partial charge < -0.3 is 5.32 Å². The van der Waals surface area contributed by atoms with E-state index in [1.807, 2.05) is 0 Å². The molecule has 0 amide bonds. The summed E-state index contributed by atoms with van der Waals surface area (Å²) in [4.78, 5) is 22.1. The number of hydrogen-bond acceptors (Lipinski definition) is 5. The van der Waals surface area contributed by atoms with Crippen LogP contribution in [0.4, 0.5) is 11.4 Å². The number of nitrogens with zero attached hydrogens (tertiary/aromatic N) is 3. The van der Waals surface area contributed by atoms with E-state index < -0.39 is 10.5 Å². The first-order chi connectivity index (χ1) is 9.91. The summed E-state index contributed by atoms with van der Waals surface area (Å²) in [6.45, 7) is 1.99. The Morgan fingerprint density at radius 3 is 2.86 bits per heavy atom. The monoisotopic (exact) mass is 308 g/mol. The van der Waals surface area contributed by atoms with Crippen LogP contribution in [-0.2, 0) is 13.6 Å². The molecule has 1 N–H and O–H groups in total. The van der Waals surface area contributed by atoms with E-state index in [4.69, 9.17) is 11.6 Å². The Morgan fingerprint density at radius 1 is 1.48 bits per heavy atom. The minimum absolute atomic E-state index is 0.0376. The van der Waals surface area contributed by atoms with Crippen LogP contribution in [0.2, 0.25) is 5.02 Å². The lowest BCUT2D eigenvalue weighted by Crippen LogP contribution is -2.21. The average Bonchev–Trinajstić information content (AvgIpc) is 2.45. The third kappa shape index (κ3) is 3.03. The molecule has 1 heterocycles. The summed E-state index contributed by atoms with van der Waals surface area (Å²) in [5.74, 6) is 0. The molecule has 0 saturated heterocycles. The molecule has 21 heavy (non-hydrogen) atoms. The maximum absolute atomic E-state index is 11.7. The molecule has 0 bridgehead atoms. The van der Waals surface area contributed by atoms with Crippen LogP contribution in [0, 0.1) is 17.0 Å². The van der Waals surface area contributed by atoms with Crippen LogP contribution in [0.1, 0.15) is 11.1 Å². The normalized spacial score (nSPS) is 10.4. The third-order valence-corrected chi connectivity index (χ3v) is 3.53. The van der Waals surface area contributed by atoms with Crippen LogP contribution in [0.5, 0.6) is 0 Å². The second-order valence-corrected chi connectivity index (χ2v) is 4.85. The molecule has 0 aliphatic carbocycles. The lowest BCUT2D eigenvalue weighted by Gasteiger charge is -2.10. The molecular formula is C13H13ClN4O3. The molecule has 0 saturated carbocycles. The molecule has 7 nitrogen and oxygen atoms in total. The van der Waals surface area contributed by atoms with Gasteiger partial charge in [0, 0.05) is 25.2 Å². The first-order valence-electron chi connectivity index (χ1n) is 6.10.